The Hall–Kier alpha value is -3.10. The van der Waals surface area contributed by atoms with Gasteiger partial charge in [0.05, 0.1) is 0 Å². The van der Waals surface area contributed by atoms with Gasteiger partial charge in [-0.2, -0.15) is 0 Å². The molecular weight excluding hydrogens is 414 g/mol. The fourth-order valence-electron chi connectivity index (χ4n) is 3.68. The highest BCUT2D eigenvalue weighted by Gasteiger charge is 2.42. The Morgan fingerprint density at radius 3 is 2.44 bits per heavy atom. The second-order valence-corrected chi connectivity index (χ2v) is 9.00. The van der Waals surface area contributed by atoms with Crippen LogP contribution in [0.25, 0.3) is 0 Å². The van der Waals surface area contributed by atoms with Crippen LogP contribution in [0.5, 0.6) is 0 Å². The fraction of sp³-hybridized carbons (Fsp3) is 0.565. The summed E-state index contributed by atoms with van der Waals surface area (Å²) in [6.45, 7) is 7.28. The molecule has 176 valence electrons. The smallest absolute Gasteiger partial charge is 0.408 e. The maximum absolute atomic E-state index is 13.0. The minimum atomic E-state index is -1.33. The zero-order valence-electron chi connectivity index (χ0n) is 19.1. The third-order valence-corrected chi connectivity index (χ3v) is 5.30. The molecule has 3 amide bonds. The number of amides is 3. The predicted molar refractivity (Wildman–Crippen MR) is 118 cm³/mol. The van der Waals surface area contributed by atoms with Crippen LogP contribution in [0.3, 0.4) is 0 Å². The lowest BCUT2D eigenvalue weighted by molar-refractivity contribution is -0.151. The third-order valence-electron chi connectivity index (χ3n) is 5.30. The largest absolute Gasteiger partial charge is 0.480 e. The number of ether oxygens (including phenoxy) is 1. The van der Waals surface area contributed by atoms with Crippen LogP contribution in [0.15, 0.2) is 30.3 Å². The number of rotatable bonds is 9. The van der Waals surface area contributed by atoms with E-state index < -0.39 is 41.5 Å². The second kappa shape index (κ2) is 11.0. The fourth-order valence-corrected chi connectivity index (χ4v) is 3.68. The number of alkyl carbamates (subject to hydrolysis) is 1. The van der Waals surface area contributed by atoms with Crippen molar-refractivity contribution in [1.29, 1.82) is 0 Å². The molecule has 1 saturated heterocycles. The first kappa shape index (κ1) is 25.2. The molecule has 0 aromatic heterocycles. The zero-order chi connectivity index (χ0) is 23.9. The van der Waals surface area contributed by atoms with Gasteiger partial charge in [0.25, 0.3) is 0 Å². The van der Waals surface area contributed by atoms with E-state index in [0.29, 0.717) is 25.8 Å². The molecule has 1 aliphatic heterocycles. The van der Waals surface area contributed by atoms with E-state index in [0.717, 1.165) is 5.56 Å². The Balaban J connectivity index is 2.01. The van der Waals surface area contributed by atoms with E-state index in [1.807, 2.05) is 44.2 Å². The van der Waals surface area contributed by atoms with Crippen molar-refractivity contribution >= 4 is 23.9 Å². The number of nitrogens with one attached hydrogen (secondary N) is 2. The van der Waals surface area contributed by atoms with Crippen LogP contribution in [0.2, 0.25) is 0 Å². The van der Waals surface area contributed by atoms with E-state index in [1.54, 1.807) is 0 Å². The van der Waals surface area contributed by atoms with Gasteiger partial charge in [-0.3, -0.25) is 9.59 Å². The lowest BCUT2D eigenvalue weighted by Crippen LogP contribution is -2.61. The summed E-state index contributed by atoms with van der Waals surface area (Å²) in [6.07, 6.45) is 0.593. The molecule has 0 bridgehead atoms. The highest BCUT2D eigenvalue weighted by atomic mass is 16.5. The molecule has 2 rings (SSSR count). The Labute approximate surface area is 188 Å². The zero-order valence-corrected chi connectivity index (χ0v) is 19.1. The molecule has 0 spiro atoms. The Morgan fingerprint density at radius 1 is 1.19 bits per heavy atom. The topological polar surface area (TPSA) is 125 Å². The summed E-state index contributed by atoms with van der Waals surface area (Å²) in [5, 5.41) is 14.6. The molecule has 2 atom stereocenters. The molecule has 0 radical (unpaired) electrons. The van der Waals surface area contributed by atoms with E-state index in [1.165, 1.54) is 18.7 Å². The summed E-state index contributed by atoms with van der Waals surface area (Å²) in [5.74, 6) is -1.96. The van der Waals surface area contributed by atoms with Crippen molar-refractivity contribution in [3.63, 3.8) is 0 Å². The number of carboxylic acid groups (broad SMARTS) is 1. The number of hydrogen-bond donors (Lipinski definition) is 3. The molecule has 1 fully saturated rings. The highest BCUT2D eigenvalue weighted by molar-refractivity contribution is 5.95. The molecule has 1 aromatic carbocycles. The number of hydrogen-bond acceptors (Lipinski definition) is 5. The van der Waals surface area contributed by atoms with E-state index >= 15 is 0 Å². The highest BCUT2D eigenvalue weighted by Crippen LogP contribution is 2.22. The van der Waals surface area contributed by atoms with Crippen LogP contribution < -0.4 is 10.6 Å². The van der Waals surface area contributed by atoms with Crippen molar-refractivity contribution in [3.8, 4) is 0 Å². The van der Waals surface area contributed by atoms with Gasteiger partial charge < -0.3 is 25.4 Å². The standard InChI is InChI=1S/C23H33N3O6/c1-15(2)13-17(24-22(31)32-14-16-9-6-5-7-10-16)19(27)25-23(3,4)21(30)26-12-8-11-18(26)20(28)29/h5-7,9-10,15,17-18H,8,11-14H2,1-4H3,(H,24,31)(H,25,27)(H,28,29). The summed E-state index contributed by atoms with van der Waals surface area (Å²) < 4.78 is 5.22. The van der Waals surface area contributed by atoms with E-state index in [9.17, 15) is 24.3 Å². The van der Waals surface area contributed by atoms with Crippen molar-refractivity contribution < 1.29 is 29.0 Å². The van der Waals surface area contributed by atoms with Gasteiger partial charge >= 0.3 is 12.1 Å². The molecule has 32 heavy (non-hydrogen) atoms. The molecule has 0 saturated carbocycles. The molecule has 1 heterocycles. The summed E-state index contributed by atoms with van der Waals surface area (Å²) in [5.41, 5.74) is -0.516. The molecule has 2 unspecified atom stereocenters. The SMILES string of the molecule is CC(C)CC(NC(=O)OCc1ccccc1)C(=O)NC(C)(C)C(=O)N1CCCC1C(=O)O. The molecule has 9 nitrogen and oxygen atoms in total. The Morgan fingerprint density at radius 2 is 1.84 bits per heavy atom. The number of nitrogens with zero attached hydrogens (tertiary/aromatic N) is 1. The number of aliphatic carboxylic acids is 1. The lowest BCUT2D eigenvalue weighted by Gasteiger charge is -2.33. The van der Waals surface area contributed by atoms with Crippen molar-refractivity contribution in [2.75, 3.05) is 6.54 Å². The Kier molecular flexibility index (Phi) is 8.63. The van der Waals surface area contributed by atoms with Gasteiger partial charge in [0.15, 0.2) is 0 Å². The normalized spacial score (nSPS) is 17.0. The van der Waals surface area contributed by atoms with Crippen molar-refractivity contribution in [3.05, 3.63) is 35.9 Å². The quantitative estimate of drug-likeness (QED) is 0.533. The summed E-state index contributed by atoms with van der Waals surface area (Å²) in [6, 6.07) is 7.37. The molecule has 9 heteroatoms. The van der Waals surface area contributed by atoms with Crippen LogP contribution in [0.1, 0.15) is 52.5 Å². The van der Waals surface area contributed by atoms with E-state index in [-0.39, 0.29) is 12.5 Å². The minimum Gasteiger partial charge on any atom is -0.480 e. The van der Waals surface area contributed by atoms with Gasteiger partial charge in [-0.1, -0.05) is 44.2 Å². The molecule has 1 aromatic rings. The van der Waals surface area contributed by atoms with Gasteiger partial charge in [-0.05, 0) is 44.6 Å². The minimum absolute atomic E-state index is 0.0677. The van der Waals surface area contributed by atoms with Crippen LogP contribution in [0.4, 0.5) is 4.79 Å². The number of likely N-dealkylation sites (tertiary alicyclic amines) is 1. The monoisotopic (exact) mass is 447 g/mol. The average Bonchev–Trinajstić information content (AvgIpc) is 3.21. The average molecular weight is 448 g/mol. The lowest BCUT2D eigenvalue weighted by atomic mass is 9.99. The Bertz CT molecular complexity index is 824. The van der Waals surface area contributed by atoms with Crippen molar-refractivity contribution in [1.82, 2.24) is 15.5 Å². The molecular formula is C23H33N3O6. The summed E-state index contributed by atoms with van der Waals surface area (Å²) >= 11 is 0. The molecule has 3 N–H and O–H groups in total. The van der Waals surface area contributed by atoms with Crippen LogP contribution in [-0.4, -0.2) is 58.1 Å². The first-order valence-electron chi connectivity index (χ1n) is 10.8. The van der Waals surface area contributed by atoms with Crippen molar-refractivity contribution in [2.24, 2.45) is 5.92 Å². The van der Waals surface area contributed by atoms with Gasteiger partial charge in [-0.15, -0.1) is 0 Å². The van der Waals surface area contributed by atoms with Gasteiger partial charge in [0.1, 0.15) is 24.2 Å². The number of carbonyl (C=O) groups is 4. The third kappa shape index (κ3) is 6.96. The molecule has 1 aliphatic rings. The maximum Gasteiger partial charge on any atom is 0.408 e. The molecule has 0 aliphatic carbocycles. The number of carboxylic acids is 1. The number of benzene rings is 1. The first-order valence-corrected chi connectivity index (χ1v) is 10.8. The maximum atomic E-state index is 13.0. The van der Waals surface area contributed by atoms with Crippen LogP contribution in [-0.2, 0) is 25.7 Å². The predicted octanol–water partition coefficient (Wildman–Crippen LogP) is 2.30. The summed E-state index contributed by atoms with van der Waals surface area (Å²) in [7, 11) is 0. The summed E-state index contributed by atoms with van der Waals surface area (Å²) in [4.78, 5) is 51.0. The van der Waals surface area contributed by atoms with E-state index in [4.69, 9.17) is 4.74 Å². The van der Waals surface area contributed by atoms with Crippen molar-refractivity contribution in [2.45, 2.75) is 71.2 Å². The second-order valence-electron chi connectivity index (χ2n) is 9.00. The van der Waals surface area contributed by atoms with Crippen LogP contribution in [0, 0.1) is 5.92 Å². The van der Waals surface area contributed by atoms with E-state index in [2.05, 4.69) is 10.6 Å². The number of carbonyl (C=O) groups excluding carboxylic acids is 3. The van der Waals surface area contributed by atoms with Gasteiger partial charge in [-0.25, -0.2) is 9.59 Å². The van der Waals surface area contributed by atoms with Gasteiger partial charge in [0.2, 0.25) is 11.8 Å². The van der Waals surface area contributed by atoms with Crippen LogP contribution >= 0.6 is 0 Å². The first-order chi connectivity index (χ1) is 15.0. The van der Waals surface area contributed by atoms with Gasteiger partial charge in [0, 0.05) is 6.54 Å².